The minimum atomic E-state index is -0.262. The summed E-state index contributed by atoms with van der Waals surface area (Å²) in [6.45, 7) is 3.70. The van der Waals surface area contributed by atoms with Gasteiger partial charge in [0.1, 0.15) is 23.9 Å². The number of anilines is 1. The first-order valence-electron chi connectivity index (χ1n) is 6.55. The van der Waals surface area contributed by atoms with Gasteiger partial charge in [-0.2, -0.15) is 20.9 Å². The Bertz CT molecular complexity index is 884. The minimum absolute atomic E-state index is 0.0862. The van der Waals surface area contributed by atoms with E-state index in [1.165, 1.54) is 0 Å². The average Bonchev–Trinajstić information content (AvgIpc) is 2.83. The summed E-state index contributed by atoms with van der Waals surface area (Å²) in [6, 6.07) is 12.2. The third-order valence-electron chi connectivity index (χ3n) is 3.17. The Hall–Kier alpha value is -3.27. The molecule has 0 saturated carbocycles. The molecule has 0 fully saturated rings. The highest BCUT2D eigenvalue weighted by Gasteiger charge is 2.11. The lowest BCUT2D eigenvalue weighted by molar-refractivity contribution is 0.834. The average molecular weight is 323 g/mol. The highest BCUT2D eigenvalue weighted by atomic mass is 35.5. The summed E-state index contributed by atoms with van der Waals surface area (Å²) in [4.78, 5) is 0. The molecule has 0 aliphatic rings. The van der Waals surface area contributed by atoms with E-state index in [0.29, 0.717) is 10.7 Å². The van der Waals surface area contributed by atoms with Gasteiger partial charge in [0.15, 0.2) is 5.57 Å². The van der Waals surface area contributed by atoms with Crippen LogP contribution < -0.4 is 5.32 Å². The highest BCUT2D eigenvalue weighted by molar-refractivity contribution is 6.31. The van der Waals surface area contributed by atoms with Crippen LogP contribution in [0, 0.1) is 47.8 Å². The molecule has 6 nitrogen and oxygen atoms in total. The van der Waals surface area contributed by atoms with Crippen LogP contribution in [-0.4, -0.2) is 9.78 Å². The lowest BCUT2D eigenvalue weighted by Crippen LogP contribution is -2.02. The monoisotopic (exact) mass is 322 g/mol. The molecule has 0 aliphatic heterocycles. The molecule has 2 aromatic rings. The van der Waals surface area contributed by atoms with E-state index >= 15 is 0 Å². The van der Waals surface area contributed by atoms with Gasteiger partial charge >= 0.3 is 0 Å². The fraction of sp³-hybridized carbons (Fsp3) is 0.125. The van der Waals surface area contributed by atoms with E-state index in [1.54, 1.807) is 41.1 Å². The van der Waals surface area contributed by atoms with Gasteiger partial charge in [0.2, 0.25) is 0 Å². The van der Waals surface area contributed by atoms with Gasteiger partial charge in [0.05, 0.1) is 22.1 Å². The van der Waals surface area contributed by atoms with Gasteiger partial charge in [-0.15, -0.1) is 0 Å². The van der Waals surface area contributed by atoms with Crippen molar-refractivity contribution in [1.29, 1.82) is 15.8 Å². The van der Waals surface area contributed by atoms with Crippen molar-refractivity contribution in [2.45, 2.75) is 13.8 Å². The molecule has 0 saturated heterocycles. The molecule has 0 amide bonds. The SMILES string of the molecule is Cc1nn(-c2ccc(NC(C#N)=C(C#N)C#N)cc2)c(C)c1Cl. The molecule has 7 heteroatoms. The van der Waals surface area contributed by atoms with Crippen molar-refractivity contribution in [3.63, 3.8) is 0 Å². The zero-order valence-electron chi connectivity index (χ0n) is 12.4. The number of nitriles is 3. The molecule has 1 heterocycles. The summed E-state index contributed by atoms with van der Waals surface area (Å²) in [6.07, 6.45) is 0. The lowest BCUT2D eigenvalue weighted by atomic mass is 10.2. The number of allylic oxidation sites excluding steroid dienone is 2. The van der Waals surface area contributed by atoms with Crippen molar-refractivity contribution < 1.29 is 0 Å². The predicted octanol–water partition coefficient (Wildman–Crippen LogP) is 3.38. The molecule has 1 aromatic carbocycles. The fourth-order valence-corrected chi connectivity index (χ4v) is 2.11. The molecular formula is C16H11ClN6. The molecule has 0 radical (unpaired) electrons. The normalized spacial score (nSPS) is 9.39. The summed E-state index contributed by atoms with van der Waals surface area (Å²) in [7, 11) is 0. The number of aryl methyl sites for hydroxylation is 1. The van der Waals surface area contributed by atoms with Crippen molar-refractivity contribution in [2.75, 3.05) is 5.32 Å². The van der Waals surface area contributed by atoms with Crippen molar-refractivity contribution >= 4 is 17.3 Å². The second kappa shape index (κ2) is 6.66. The van der Waals surface area contributed by atoms with E-state index in [2.05, 4.69) is 10.4 Å². The Balaban J connectivity index is 2.33. The van der Waals surface area contributed by atoms with Gasteiger partial charge in [-0.05, 0) is 38.1 Å². The second-order valence-electron chi connectivity index (χ2n) is 4.65. The van der Waals surface area contributed by atoms with Crippen LogP contribution in [0.5, 0.6) is 0 Å². The van der Waals surface area contributed by atoms with Crippen molar-refractivity contribution in [1.82, 2.24) is 9.78 Å². The number of hydrogen-bond donors (Lipinski definition) is 1. The molecule has 0 atom stereocenters. The fourth-order valence-electron chi connectivity index (χ4n) is 1.99. The summed E-state index contributed by atoms with van der Waals surface area (Å²) < 4.78 is 1.72. The molecule has 112 valence electrons. The summed E-state index contributed by atoms with van der Waals surface area (Å²) in [5.41, 5.74) is 2.62. The first kappa shape index (κ1) is 16.1. The molecule has 2 rings (SSSR count). The topological polar surface area (TPSA) is 101 Å². The maximum atomic E-state index is 9.02. The molecule has 1 N–H and O–H groups in total. The Labute approximate surface area is 138 Å². The number of benzene rings is 1. The number of hydrogen-bond acceptors (Lipinski definition) is 5. The van der Waals surface area contributed by atoms with E-state index in [-0.39, 0.29) is 11.3 Å². The van der Waals surface area contributed by atoms with Crippen LogP contribution in [-0.2, 0) is 0 Å². The van der Waals surface area contributed by atoms with Crippen molar-refractivity contribution in [2.24, 2.45) is 0 Å². The number of nitrogens with zero attached hydrogens (tertiary/aromatic N) is 5. The molecule has 0 bridgehead atoms. The van der Waals surface area contributed by atoms with Crippen LogP contribution in [0.25, 0.3) is 5.69 Å². The van der Waals surface area contributed by atoms with E-state index in [9.17, 15) is 0 Å². The van der Waals surface area contributed by atoms with Gasteiger partial charge in [-0.1, -0.05) is 11.6 Å². The smallest absolute Gasteiger partial charge is 0.163 e. The van der Waals surface area contributed by atoms with Crippen LogP contribution >= 0.6 is 11.6 Å². The third-order valence-corrected chi connectivity index (χ3v) is 3.72. The van der Waals surface area contributed by atoms with E-state index < -0.39 is 0 Å². The number of halogens is 1. The van der Waals surface area contributed by atoms with Crippen LogP contribution in [0.2, 0.25) is 5.02 Å². The van der Waals surface area contributed by atoms with Gasteiger partial charge in [0.25, 0.3) is 0 Å². The molecular weight excluding hydrogens is 312 g/mol. The maximum absolute atomic E-state index is 9.02. The summed E-state index contributed by atoms with van der Waals surface area (Å²) in [5.74, 6) is 0. The number of aromatic nitrogens is 2. The number of rotatable bonds is 3. The Morgan fingerprint density at radius 3 is 2.13 bits per heavy atom. The van der Waals surface area contributed by atoms with Crippen LogP contribution in [0.4, 0.5) is 5.69 Å². The van der Waals surface area contributed by atoms with E-state index in [0.717, 1.165) is 17.1 Å². The third kappa shape index (κ3) is 3.16. The lowest BCUT2D eigenvalue weighted by Gasteiger charge is -2.08. The van der Waals surface area contributed by atoms with Crippen molar-refractivity contribution in [3.05, 3.63) is 51.9 Å². The van der Waals surface area contributed by atoms with Crippen LogP contribution in [0.15, 0.2) is 35.5 Å². The van der Waals surface area contributed by atoms with Crippen molar-refractivity contribution in [3.8, 4) is 23.9 Å². The standard InChI is InChI=1S/C16H11ClN6/c1-10-16(17)11(2)23(22-10)14-5-3-13(4-6-14)21-15(9-20)12(7-18)8-19/h3-6,21H,1-2H3. The zero-order valence-corrected chi connectivity index (χ0v) is 13.2. The predicted molar refractivity (Wildman–Crippen MR) is 85.5 cm³/mol. The van der Waals surface area contributed by atoms with E-state index in [4.69, 9.17) is 27.4 Å². The largest absolute Gasteiger partial charge is 0.345 e. The minimum Gasteiger partial charge on any atom is -0.345 e. The van der Waals surface area contributed by atoms with Crippen LogP contribution in [0.1, 0.15) is 11.4 Å². The van der Waals surface area contributed by atoms with Gasteiger partial charge < -0.3 is 5.32 Å². The van der Waals surface area contributed by atoms with Gasteiger partial charge in [0, 0.05) is 5.69 Å². The molecule has 0 unspecified atom stereocenters. The second-order valence-corrected chi connectivity index (χ2v) is 5.03. The first-order chi connectivity index (χ1) is 11.0. The van der Waals surface area contributed by atoms with E-state index in [1.807, 2.05) is 19.9 Å². The molecule has 1 aromatic heterocycles. The zero-order chi connectivity index (χ0) is 17.0. The van der Waals surface area contributed by atoms with Gasteiger partial charge in [-0.25, -0.2) is 4.68 Å². The molecule has 23 heavy (non-hydrogen) atoms. The summed E-state index contributed by atoms with van der Waals surface area (Å²) in [5, 5.41) is 34.4. The maximum Gasteiger partial charge on any atom is 0.163 e. The highest BCUT2D eigenvalue weighted by Crippen LogP contribution is 2.23. The quantitative estimate of drug-likeness (QED) is 0.873. The van der Waals surface area contributed by atoms with Crippen LogP contribution in [0.3, 0.4) is 0 Å². The Morgan fingerprint density at radius 2 is 1.70 bits per heavy atom. The number of nitrogens with one attached hydrogen (secondary N) is 1. The first-order valence-corrected chi connectivity index (χ1v) is 6.93. The molecule has 0 aliphatic carbocycles. The Kier molecular flexibility index (Phi) is 4.66. The molecule has 0 spiro atoms. The van der Waals surface area contributed by atoms with Gasteiger partial charge in [-0.3, -0.25) is 0 Å². The summed E-state index contributed by atoms with van der Waals surface area (Å²) >= 11 is 6.13. The Morgan fingerprint density at radius 1 is 1.09 bits per heavy atom.